The normalized spacial score (nSPS) is 9.43. The van der Waals surface area contributed by atoms with Crippen molar-refractivity contribution in [2.75, 3.05) is 0 Å². The molecule has 0 fully saturated rings. The second-order valence-corrected chi connectivity index (χ2v) is 2.40. The van der Waals surface area contributed by atoms with Gasteiger partial charge in [0.1, 0.15) is 0 Å². The maximum absolute atomic E-state index is 5.42. The monoisotopic (exact) mass is 228 g/mol. The second-order valence-electron chi connectivity index (χ2n) is 1.03. The molecule has 4 heteroatoms. The summed E-state index contributed by atoms with van der Waals surface area (Å²) in [5, 5.41) is 4.32. The molecule has 0 aliphatic heterocycles. The summed E-state index contributed by atoms with van der Waals surface area (Å²) in [7, 11) is 0. The van der Waals surface area contributed by atoms with Gasteiger partial charge in [0.15, 0.2) is 5.15 Å². The van der Waals surface area contributed by atoms with Crippen molar-refractivity contribution in [1.82, 2.24) is 7.99 Å². The fourth-order valence-electron chi connectivity index (χ4n) is 0.281. The Morgan fingerprint density at radius 2 is 2.57 bits per heavy atom. The molecule has 0 N–H and O–H groups in total. The molecule has 7 heavy (non-hydrogen) atoms. The molecule has 0 amide bonds. The molecule has 0 atom stereocenters. The van der Waals surface area contributed by atoms with E-state index in [1.165, 1.54) is 0 Å². The second kappa shape index (κ2) is 2.00. The topological polar surface area (TPSA) is 17.8 Å². The fraction of sp³-hybridized carbons (Fsp3) is 0. The zero-order valence-corrected chi connectivity index (χ0v) is 6.22. The van der Waals surface area contributed by atoms with Crippen molar-refractivity contribution in [3.8, 4) is 0 Å². The minimum atomic E-state index is 0.536. The molecule has 1 heterocycles. The van der Waals surface area contributed by atoms with Crippen LogP contribution in [0.25, 0.3) is 0 Å². The van der Waals surface area contributed by atoms with E-state index < -0.39 is 0 Å². The first kappa shape index (κ1) is 5.37. The molecule has 0 spiro atoms. The summed E-state index contributed by atoms with van der Waals surface area (Å²) < 4.78 is 1.63. The third-order valence-corrected chi connectivity index (χ3v) is 1.27. The molecule has 0 aromatic carbocycles. The van der Waals surface area contributed by atoms with Crippen molar-refractivity contribution in [2.24, 2.45) is 0 Å². The number of hydrogen-bond acceptors (Lipinski definition) is 1. The van der Waals surface area contributed by atoms with Crippen LogP contribution in [0.3, 0.4) is 0 Å². The Bertz CT molecular complexity index is 145. The zero-order chi connectivity index (χ0) is 5.28. The third kappa shape index (κ3) is 1.31. The van der Waals surface area contributed by atoms with E-state index in [0.717, 1.165) is 0 Å². The van der Waals surface area contributed by atoms with Gasteiger partial charge in [0.2, 0.25) is 0 Å². The van der Waals surface area contributed by atoms with Crippen LogP contribution in [-0.2, 0) is 0 Å². The number of halogens is 2. The predicted molar refractivity (Wildman–Crippen MR) is 36.7 cm³/mol. The standard InChI is InChI=1S/C3H2ClIN2/c4-3-1-2-7(5)6-3/h1-2H. The van der Waals surface area contributed by atoms with Gasteiger partial charge in [-0.15, -0.1) is 0 Å². The highest BCUT2D eigenvalue weighted by atomic mass is 127. The van der Waals surface area contributed by atoms with Crippen molar-refractivity contribution in [3.63, 3.8) is 0 Å². The van der Waals surface area contributed by atoms with Crippen LogP contribution < -0.4 is 0 Å². The average molecular weight is 228 g/mol. The largest absolute Gasteiger partial charge is 0.210 e. The van der Waals surface area contributed by atoms with Crippen molar-refractivity contribution >= 4 is 34.5 Å². The molecule has 0 unspecified atom stereocenters. The average Bonchev–Trinajstić information content (AvgIpc) is 1.87. The number of aromatic nitrogens is 2. The number of hydrogen-bond donors (Lipinski definition) is 0. The van der Waals surface area contributed by atoms with Crippen LogP contribution in [0.4, 0.5) is 0 Å². The fourth-order valence-corrected chi connectivity index (χ4v) is 0.940. The maximum atomic E-state index is 5.42. The van der Waals surface area contributed by atoms with Crippen LogP contribution in [0, 0.1) is 0 Å². The van der Waals surface area contributed by atoms with E-state index in [2.05, 4.69) is 5.10 Å². The minimum Gasteiger partial charge on any atom is -0.210 e. The van der Waals surface area contributed by atoms with E-state index in [1.54, 1.807) is 15.2 Å². The third-order valence-electron chi connectivity index (χ3n) is 0.526. The van der Waals surface area contributed by atoms with Gasteiger partial charge in [0.25, 0.3) is 0 Å². The summed E-state index contributed by atoms with van der Waals surface area (Å²) in [6.45, 7) is 0. The Hall–Kier alpha value is 0.230. The van der Waals surface area contributed by atoms with Gasteiger partial charge in [0.05, 0.1) is 22.9 Å². The highest BCUT2D eigenvalue weighted by Gasteiger charge is 1.86. The Balaban J connectivity index is 3.04. The first-order valence-corrected chi connectivity index (χ1v) is 3.00. The molecule has 1 rings (SSSR count). The van der Waals surface area contributed by atoms with Gasteiger partial charge >= 0.3 is 0 Å². The van der Waals surface area contributed by atoms with Crippen LogP contribution >= 0.6 is 34.5 Å². The van der Waals surface area contributed by atoms with Gasteiger partial charge < -0.3 is 0 Å². The molecular formula is C3H2ClIN2. The molecule has 1 aromatic heterocycles. The number of nitrogens with zero attached hydrogens (tertiary/aromatic N) is 2. The summed E-state index contributed by atoms with van der Waals surface area (Å²) in [6, 6.07) is 1.73. The Labute approximate surface area is 60.0 Å². The molecule has 0 bridgehead atoms. The molecule has 2 nitrogen and oxygen atoms in total. The van der Waals surface area contributed by atoms with Crippen LogP contribution in [0.2, 0.25) is 5.15 Å². The van der Waals surface area contributed by atoms with E-state index >= 15 is 0 Å². The van der Waals surface area contributed by atoms with E-state index in [9.17, 15) is 0 Å². The Morgan fingerprint density at radius 1 is 1.86 bits per heavy atom. The van der Waals surface area contributed by atoms with E-state index in [0.29, 0.717) is 5.15 Å². The van der Waals surface area contributed by atoms with Gasteiger partial charge in [-0.2, -0.15) is 5.10 Å². The summed E-state index contributed by atoms with van der Waals surface area (Å²) in [4.78, 5) is 0. The number of rotatable bonds is 0. The first-order chi connectivity index (χ1) is 3.29. The Morgan fingerprint density at radius 3 is 2.71 bits per heavy atom. The smallest absolute Gasteiger partial charge is 0.151 e. The van der Waals surface area contributed by atoms with Crippen LogP contribution in [0.1, 0.15) is 0 Å². The van der Waals surface area contributed by atoms with Gasteiger partial charge in [-0.05, 0) is 6.07 Å². The van der Waals surface area contributed by atoms with Crippen molar-refractivity contribution in [1.29, 1.82) is 0 Å². The summed E-state index contributed by atoms with van der Waals surface area (Å²) in [5.74, 6) is 0. The SMILES string of the molecule is Clc1ccn(I)n1. The predicted octanol–water partition coefficient (Wildman–Crippen LogP) is 1.73. The van der Waals surface area contributed by atoms with E-state index in [4.69, 9.17) is 11.6 Å². The van der Waals surface area contributed by atoms with E-state index in [-0.39, 0.29) is 0 Å². The van der Waals surface area contributed by atoms with Crippen molar-refractivity contribution in [2.45, 2.75) is 0 Å². The molecule has 0 aliphatic carbocycles. The molecule has 38 valence electrons. The maximum Gasteiger partial charge on any atom is 0.151 e. The Kier molecular flexibility index (Phi) is 1.53. The van der Waals surface area contributed by atoms with Gasteiger partial charge in [-0.25, -0.2) is 2.90 Å². The summed E-state index contributed by atoms with van der Waals surface area (Å²) in [5.41, 5.74) is 0. The van der Waals surface area contributed by atoms with Gasteiger partial charge in [-0.3, -0.25) is 0 Å². The molecular weight excluding hydrogens is 226 g/mol. The molecule has 1 aromatic rings. The first-order valence-electron chi connectivity index (χ1n) is 1.66. The van der Waals surface area contributed by atoms with E-state index in [1.807, 2.05) is 22.9 Å². The minimum absolute atomic E-state index is 0.536. The lowest BCUT2D eigenvalue weighted by molar-refractivity contribution is 1.06. The molecule has 0 aliphatic rings. The van der Waals surface area contributed by atoms with Gasteiger partial charge in [0, 0.05) is 6.20 Å². The van der Waals surface area contributed by atoms with Crippen LogP contribution in [0.5, 0.6) is 0 Å². The lowest BCUT2D eigenvalue weighted by atomic mass is 10.8. The molecule has 0 saturated carbocycles. The highest BCUT2D eigenvalue weighted by molar-refractivity contribution is 14.1. The lowest BCUT2D eigenvalue weighted by Gasteiger charge is -1.74. The lowest BCUT2D eigenvalue weighted by Crippen LogP contribution is -1.73. The quantitative estimate of drug-likeness (QED) is 0.619. The molecule has 0 radical (unpaired) electrons. The van der Waals surface area contributed by atoms with Crippen molar-refractivity contribution < 1.29 is 0 Å². The highest BCUT2D eigenvalue weighted by Crippen LogP contribution is 2.03. The van der Waals surface area contributed by atoms with Gasteiger partial charge in [-0.1, -0.05) is 11.6 Å². The van der Waals surface area contributed by atoms with Crippen LogP contribution in [-0.4, -0.2) is 7.99 Å². The summed E-state index contributed by atoms with van der Waals surface area (Å²) in [6.07, 6.45) is 1.78. The van der Waals surface area contributed by atoms with Crippen molar-refractivity contribution in [3.05, 3.63) is 17.4 Å². The summed E-state index contributed by atoms with van der Waals surface area (Å²) >= 11 is 7.45. The zero-order valence-electron chi connectivity index (χ0n) is 3.31. The van der Waals surface area contributed by atoms with Crippen LogP contribution in [0.15, 0.2) is 12.3 Å². The molecule has 0 saturated heterocycles.